The Kier molecular flexibility index (Phi) is 4.98. The summed E-state index contributed by atoms with van der Waals surface area (Å²) in [7, 11) is -3.81. The number of rotatable bonds is 6. The van der Waals surface area contributed by atoms with E-state index in [1.54, 1.807) is 13.8 Å². The summed E-state index contributed by atoms with van der Waals surface area (Å²) in [4.78, 5) is 9.89. The fourth-order valence-electron chi connectivity index (χ4n) is 1.47. The number of non-ortho nitro benzene ring substituents is 1. The van der Waals surface area contributed by atoms with Crippen molar-refractivity contribution in [3.05, 3.63) is 33.9 Å². The molecule has 8 heteroatoms. The van der Waals surface area contributed by atoms with Crippen LogP contribution >= 0.6 is 0 Å². The van der Waals surface area contributed by atoms with Crippen molar-refractivity contribution >= 4 is 15.7 Å². The van der Waals surface area contributed by atoms with Gasteiger partial charge in [-0.05, 0) is 25.8 Å². The third kappa shape index (κ3) is 4.27. The monoisotopic (exact) mass is 288 g/mol. The van der Waals surface area contributed by atoms with Gasteiger partial charge in [0.2, 0.25) is 10.0 Å². The zero-order valence-corrected chi connectivity index (χ0v) is 11.5. The highest BCUT2D eigenvalue weighted by atomic mass is 32.2. The van der Waals surface area contributed by atoms with Crippen molar-refractivity contribution in [2.24, 2.45) is 0 Å². The Morgan fingerprint density at radius 3 is 2.63 bits per heavy atom. The fourth-order valence-corrected chi connectivity index (χ4v) is 2.78. The molecule has 0 aliphatic heterocycles. The van der Waals surface area contributed by atoms with E-state index in [1.165, 1.54) is 12.1 Å². The molecule has 1 unspecified atom stereocenters. The maximum absolute atomic E-state index is 12.0. The molecular weight excluding hydrogens is 272 g/mol. The van der Waals surface area contributed by atoms with Crippen LogP contribution in [0.5, 0.6) is 0 Å². The third-order valence-electron chi connectivity index (χ3n) is 2.53. The molecule has 0 spiro atoms. The highest BCUT2D eigenvalue weighted by Gasteiger charge is 2.20. The molecule has 0 heterocycles. The molecule has 0 fully saturated rings. The summed E-state index contributed by atoms with van der Waals surface area (Å²) in [6, 6.07) is 3.67. The Morgan fingerprint density at radius 1 is 1.47 bits per heavy atom. The molecule has 0 bridgehead atoms. The predicted octanol–water partition coefficient (Wildman–Crippen LogP) is 0.952. The first-order valence-corrected chi connectivity index (χ1v) is 7.15. The Labute approximate surface area is 111 Å². The number of nitro benzene ring substituents is 1. The molecule has 19 heavy (non-hydrogen) atoms. The lowest BCUT2D eigenvalue weighted by atomic mass is 10.2. The quantitative estimate of drug-likeness (QED) is 0.598. The molecule has 0 amide bonds. The van der Waals surface area contributed by atoms with E-state index in [2.05, 4.69) is 4.72 Å². The summed E-state index contributed by atoms with van der Waals surface area (Å²) in [5.41, 5.74) is 0.150. The molecule has 0 saturated carbocycles. The third-order valence-corrected chi connectivity index (χ3v) is 4.13. The Bertz CT molecular complexity index is 568. The number of nitrogens with one attached hydrogen (secondary N) is 1. The van der Waals surface area contributed by atoms with E-state index in [1.807, 2.05) is 0 Å². The van der Waals surface area contributed by atoms with Crippen LogP contribution in [-0.2, 0) is 10.0 Å². The number of hydrogen-bond donors (Lipinski definition) is 2. The Balaban J connectivity index is 3.00. The van der Waals surface area contributed by atoms with E-state index in [9.17, 15) is 18.5 Å². The second-order valence-corrected chi connectivity index (χ2v) is 5.98. The van der Waals surface area contributed by atoms with Crippen LogP contribution in [-0.4, -0.2) is 31.1 Å². The van der Waals surface area contributed by atoms with E-state index < -0.39 is 21.1 Å². The molecule has 7 nitrogen and oxygen atoms in total. The number of nitrogens with zero attached hydrogens (tertiary/aromatic N) is 1. The normalized spacial score (nSPS) is 13.2. The molecule has 1 rings (SSSR count). The summed E-state index contributed by atoms with van der Waals surface area (Å²) in [5.74, 6) is 0. The molecule has 1 atom stereocenters. The van der Waals surface area contributed by atoms with E-state index in [-0.39, 0.29) is 23.5 Å². The minimum Gasteiger partial charge on any atom is -0.393 e. The summed E-state index contributed by atoms with van der Waals surface area (Å²) in [6.45, 7) is 3.18. The van der Waals surface area contributed by atoms with Crippen LogP contribution in [0.2, 0.25) is 0 Å². The summed E-state index contributed by atoms with van der Waals surface area (Å²) >= 11 is 0. The molecule has 1 aromatic carbocycles. The van der Waals surface area contributed by atoms with Crippen molar-refractivity contribution in [1.29, 1.82) is 0 Å². The minimum atomic E-state index is -3.81. The largest absolute Gasteiger partial charge is 0.393 e. The van der Waals surface area contributed by atoms with Gasteiger partial charge in [0.05, 0.1) is 15.9 Å². The predicted molar refractivity (Wildman–Crippen MR) is 69.3 cm³/mol. The van der Waals surface area contributed by atoms with Gasteiger partial charge in [-0.15, -0.1) is 0 Å². The number of aliphatic hydroxyl groups is 1. The molecule has 0 saturated heterocycles. The van der Waals surface area contributed by atoms with Crippen molar-refractivity contribution in [2.75, 3.05) is 6.54 Å². The average Bonchev–Trinajstić information content (AvgIpc) is 2.28. The van der Waals surface area contributed by atoms with Gasteiger partial charge < -0.3 is 5.11 Å². The number of nitro groups is 1. The lowest BCUT2D eigenvalue weighted by molar-refractivity contribution is -0.385. The first-order valence-electron chi connectivity index (χ1n) is 5.67. The van der Waals surface area contributed by atoms with Gasteiger partial charge in [-0.2, -0.15) is 0 Å². The Hall–Kier alpha value is -1.51. The van der Waals surface area contributed by atoms with Gasteiger partial charge in [0, 0.05) is 18.7 Å². The van der Waals surface area contributed by atoms with Crippen LogP contribution < -0.4 is 4.72 Å². The van der Waals surface area contributed by atoms with E-state index >= 15 is 0 Å². The molecule has 0 aromatic heterocycles. The highest BCUT2D eigenvalue weighted by Crippen LogP contribution is 2.21. The minimum absolute atomic E-state index is 0.0716. The van der Waals surface area contributed by atoms with E-state index in [4.69, 9.17) is 5.11 Å². The number of hydrogen-bond acceptors (Lipinski definition) is 5. The lowest BCUT2D eigenvalue weighted by Gasteiger charge is -2.10. The second kappa shape index (κ2) is 6.09. The van der Waals surface area contributed by atoms with Crippen molar-refractivity contribution in [3.8, 4) is 0 Å². The molecule has 0 aliphatic rings. The molecule has 106 valence electrons. The van der Waals surface area contributed by atoms with Gasteiger partial charge in [0.15, 0.2) is 0 Å². The molecule has 0 aliphatic carbocycles. The first-order chi connectivity index (χ1) is 8.74. The van der Waals surface area contributed by atoms with Gasteiger partial charge in [-0.3, -0.25) is 10.1 Å². The van der Waals surface area contributed by atoms with Crippen LogP contribution in [0.3, 0.4) is 0 Å². The summed E-state index contributed by atoms with van der Waals surface area (Å²) in [5, 5.41) is 19.7. The molecule has 0 radical (unpaired) electrons. The fraction of sp³-hybridized carbons (Fsp3) is 0.455. The second-order valence-electron chi connectivity index (χ2n) is 4.24. The summed E-state index contributed by atoms with van der Waals surface area (Å²) < 4.78 is 26.3. The van der Waals surface area contributed by atoms with Gasteiger partial charge in [-0.25, -0.2) is 13.1 Å². The van der Waals surface area contributed by atoms with Gasteiger partial charge in [0.1, 0.15) is 0 Å². The van der Waals surface area contributed by atoms with Crippen LogP contribution in [0.15, 0.2) is 23.1 Å². The number of aryl methyl sites for hydroxylation is 1. The highest BCUT2D eigenvalue weighted by molar-refractivity contribution is 7.89. The van der Waals surface area contributed by atoms with Gasteiger partial charge in [-0.1, -0.05) is 6.07 Å². The average molecular weight is 288 g/mol. The van der Waals surface area contributed by atoms with Crippen LogP contribution in [0, 0.1) is 17.0 Å². The van der Waals surface area contributed by atoms with Crippen molar-refractivity contribution < 1.29 is 18.4 Å². The molecule has 1 aromatic rings. The Morgan fingerprint density at radius 2 is 2.11 bits per heavy atom. The van der Waals surface area contributed by atoms with Crippen molar-refractivity contribution in [2.45, 2.75) is 31.3 Å². The topological polar surface area (TPSA) is 110 Å². The lowest BCUT2D eigenvalue weighted by Crippen LogP contribution is -2.27. The number of sulfonamides is 1. The van der Waals surface area contributed by atoms with Crippen molar-refractivity contribution in [1.82, 2.24) is 4.72 Å². The van der Waals surface area contributed by atoms with Crippen molar-refractivity contribution in [3.63, 3.8) is 0 Å². The standard InChI is InChI=1S/C11H16N2O5S/c1-8-3-4-10(13(15)16)7-11(8)19(17,18)12-6-5-9(2)14/h3-4,7,9,12,14H,5-6H2,1-2H3. The number of aliphatic hydroxyl groups excluding tert-OH is 1. The smallest absolute Gasteiger partial charge is 0.270 e. The SMILES string of the molecule is Cc1ccc([N+](=O)[O-])cc1S(=O)(=O)NCCC(C)O. The van der Waals surface area contributed by atoms with Crippen LogP contribution in [0.1, 0.15) is 18.9 Å². The maximum atomic E-state index is 12.0. The van der Waals surface area contributed by atoms with Crippen LogP contribution in [0.4, 0.5) is 5.69 Å². The molecular formula is C11H16N2O5S. The maximum Gasteiger partial charge on any atom is 0.270 e. The van der Waals surface area contributed by atoms with Crippen LogP contribution in [0.25, 0.3) is 0 Å². The van der Waals surface area contributed by atoms with E-state index in [0.717, 1.165) is 6.07 Å². The van der Waals surface area contributed by atoms with Gasteiger partial charge >= 0.3 is 0 Å². The number of benzene rings is 1. The zero-order chi connectivity index (χ0) is 14.6. The first kappa shape index (κ1) is 15.5. The summed E-state index contributed by atoms with van der Waals surface area (Å²) in [6.07, 6.45) is -0.346. The van der Waals surface area contributed by atoms with E-state index in [0.29, 0.717) is 5.56 Å². The van der Waals surface area contributed by atoms with Gasteiger partial charge in [0.25, 0.3) is 5.69 Å². The zero-order valence-electron chi connectivity index (χ0n) is 10.7. The molecule has 2 N–H and O–H groups in total.